The van der Waals surface area contributed by atoms with Crippen molar-refractivity contribution >= 4 is 55.0 Å². The third kappa shape index (κ3) is 4.84. The predicted molar refractivity (Wildman–Crippen MR) is 117 cm³/mol. The number of hydrogen-bond donors (Lipinski definition) is 3. The normalized spacial score (nSPS) is 18.4. The van der Waals surface area contributed by atoms with E-state index in [0.717, 1.165) is 53.5 Å². The van der Waals surface area contributed by atoms with Gasteiger partial charge >= 0.3 is 0 Å². The molecule has 1 aromatic heterocycles. The SMILES string of the molecule is C1CNCCN1.O=c1c2cc(Br)cc(Br)c2[nH]c(=S)n1C1CCCCC1. The molecule has 1 saturated heterocycles. The summed E-state index contributed by atoms with van der Waals surface area (Å²) in [4.78, 5) is 16.0. The van der Waals surface area contributed by atoms with E-state index >= 15 is 0 Å². The molecule has 1 aromatic carbocycles. The van der Waals surface area contributed by atoms with Gasteiger partial charge in [-0.15, -0.1) is 0 Å². The van der Waals surface area contributed by atoms with E-state index in [-0.39, 0.29) is 11.6 Å². The number of fused-ring (bicyclic) bond motifs is 1. The fraction of sp³-hybridized carbons (Fsp3) is 0.556. The molecular weight excluding hydrogens is 480 g/mol. The quantitative estimate of drug-likeness (QED) is 0.508. The molecule has 5 nitrogen and oxygen atoms in total. The van der Waals surface area contributed by atoms with E-state index in [4.69, 9.17) is 12.2 Å². The minimum Gasteiger partial charge on any atom is -0.331 e. The fourth-order valence-electron chi connectivity index (χ4n) is 3.53. The molecule has 0 amide bonds. The molecule has 2 aliphatic rings. The van der Waals surface area contributed by atoms with Gasteiger partial charge < -0.3 is 15.6 Å². The van der Waals surface area contributed by atoms with Crippen molar-refractivity contribution in [1.82, 2.24) is 20.2 Å². The van der Waals surface area contributed by atoms with Gasteiger partial charge in [0.15, 0.2) is 4.77 Å². The molecule has 1 aliphatic carbocycles. The fourth-order valence-corrected chi connectivity index (χ4v) is 5.19. The monoisotopic (exact) mass is 502 g/mol. The first-order valence-corrected chi connectivity index (χ1v) is 11.1. The van der Waals surface area contributed by atoms with Crippen molar-refractivity contribution in [2.75, 3.05) is 26.2 Å². The van der Waals surface area contributed by atoms with Crippen molar-refractivity contribution in [2.45, 2.75) is 38.1 Å². The van der Waals surface area contributed by atoms with Crippen LogP contribution in [0.15, 0.2) is 25.9 Å². The lowest BCUT2D eigenvalue weighted by Crippen LogP contribution is -2.39. The lowest BCUT2D eigenvalue weighted by atomic mass is 9.95. The zero-order valence-corrected chi connectivity index (χ0v) is 18.6. The van der Waals surface area contributed by atoms with Crippen molar-refractivity contribution < 1.29 is 0 Å². The zero-order valence-electron chi connectivity index (χ0n) is 14.6. The van der Waals surface area contributed by atoms with E-state index < -0.39 is 0 Å². The minimum absolute atomic E-state index is 0.0117. The third-order valence-corrected chi connectivity index (χ3v) is 6.23. The molecule has 3 N–H and O–H groups in total. The maximum absolute atomic E-state index is 12.8. The molecule has 0 bridgehead atoms. The molecule has 4 rings (SSSR count). The van der Waals surface area contributed by atoms with Gasteiger partial charge in [-0.05, 0) is 53.1 Å². The molecule has 0 radical (unpaired) electrons. The first kappa shape index (κ1) is 20.2. The Kier molecular flexibility index (Phi) is 7.45. The van der Waals surface area contributed by atoms with Crippen LogP contribution in [-0.4, -0.2) is 35.7 Å². The smallest absolute Gasteiger partial charge is 0.262 e. The van der Waals surface area contributed by atoms with Gasteiger partial charge in [0.25, 0.3) is 5.56 Å². The molecule has 26 heavy (non-hydrogen) atoms. The summed E-state index contributed by atoms with van der Waals surface area (Å²) in [7, 11) is 0. The van der Waals surface area contributed by atoms with Crippen LogP contribution in [-0.2, 0) is 0 Å². The summed E-state index contributed by atoms with van der Waals surface area (Å²) >= 11 is 12.3. The van der Waals surface area contributed by atoms with Gasteiger partial charge in [0.05, 0.1) is 10.9 Å². The van der Waals surface area contributed by atoms with Gasteiger partial charge in [-0.1, -0.05) is 35.2 Å². The van der Waals surface area contributed by atoms with Crippen LogP contribution < -0.4 is 16.2 Å². The number of nitrogens with zero attached hydrogens (tertiary/aromatic N) is 1. The second-order valence-electron chi connectivity index (χ2n) is 6.71. The summed E-state index contributed by atoms with van der Waals surface area (Å²) < 4.78 is 4.03. The van der Waals surface area contributed by atoms with Crippen LogP contribution in [0.2, 0.25) is 0 Å². The highest BCUT2D eigenvalue weighted by molar-refractivity contribution is 9.11. The third-order valence-electron chi connectivity index (χ3n) is 4.85. The highest BCUT2D eigenvalue weighted by Crippen LogP contribution is 2.29. The van der Waals surface area contributed by atoms with Crippen molar-refractivity contribution in [3.8, 4) is 0 Å². The van der Waals surface area contributed by atoms with E-state index in [2.05, 4.69) is 47.5 Å². The number of piperazine rings is 1. The number of aromatic amines is 1. The lowest BCUT2D eigenvalue weighted by molar-refractivity contribution is 0.342. The number of H-pyrrole nitrogens is 1. The molecule has 2 heterocycles. The van der Waals surface area contributed by atoms with Crippen LogP contribution in [0.25, 0.3) is 10.9 Å². The Balaban J connectivity index is 0.000000278. The average molecular weight is 504 g/mol. The molecule has 0 spiro atoms. The molecule has 2 aromatic rings. The summed E-state index contributed by atoms with van der Waals surface area (Å²) in [5.41, 5.74) is 0.785. The van der Waals surface area contributed by atoms with E-state index in [9.17, 15) is 4.79 Å². The largest absolute Gasteiger partial charge is 0.331 e. The highest BCUT2D eigenvalue weighted by atomic mass is 79.9. The summed E-state index contributed by atoms with van der Waals surface area (Å²) in [6.45, 7) is 4.56. The number of rotatable bonds is 1. The summed E-state index contributed by atoms with van der Waals surface area (Å²) in [5.74, 6) is 0. The second kappa shape index (κ2) is 9.59. The number of nitrogens with one attached hydrogen (secondary N) is 3. The van der Waals surface area contributed by atoms with Crippen LogP contribution in [0, 0.1) is 4.77 Å². The van der Waals surface area contributed by atoms with Crippen LogP contribution in [0.4, 0.5) is 0 Å². The Morgan fingerprint density at radius 2 is 1.62 bits per heavy atom. The molecule has 0 unspecified atom stereocenters. The Morgan fingerprint density at radius 1 is 1.00 bits per heavy atom. The first-order chi connectivity index (χ1) is 12.6. The Morgan fingerprint density at radius 3 is 2.19 bits per heavy atom. The summed E-state index contributed by atoms with van der Waals surface area (Å²) in [5, 5.41) is 7.12. The summed E-state index contributed by atoms with van der Waals surface area (Å²) in [6.07, 6.45) is 5.68. The molecule has 0 atom stereocenters. The van der Waals surface area contributed by atoms with Crippen molar-refractivity contribution in [1.29, 1.82) is 0 Å². The van der Waals surface area contributed by atoms with Crippen LogP contribution >= 0.6 is 44.1 Å². The van der Waals surface area contributed by atoms with E-state index in [0.29, 0.717) is 10.2 Å². The van der Waals surface area contributed by atoms with Crippen molar-refractivity contribution in [2.24, 2.45) is 0 Å². The topological polar surface area (TPSA) is 61.8 Å². The molecule has 8 heteroatoms. The van der Waals surface area contributed by atoms with Gasteiger partial charge in [-0.2, -0.15) is 0 Å². The molecule has 1 aliphatic heterocycles. The van der Waals surface area contributed by atoms with Gasteiger partial charge in [-0.25, -0.2) is 0 Å². The molecule has 1 saturated carbocycles. The predicted octanol–water partition coefficient (Wildman–Crippen LogP) is 4.27. The maximum atomic E-state index is 12.8. The molecule has 142 valence electrons. The number of halogens is 2. The van der Waals surface area contributed by atoms with E-state index in [1.165, 1.54) is 19.3 Å². The maximum Gasteiger partial charge on any atom is 0.262 e. The van der Waals surface area contributed by atoms with Crippen molar-refractivity contribution in [3.63, 3.8) is 0 Å². The Bertz CT molecular complexity index is 858. The standard InChI is InChI=1S/C14H14Br2N2OS.C4H10N2/c15-8-6-10-12(11(16)7-8)17-14(20)18(13(10)19)9-4-2-1-3-5-9;1-2-6-4-3-5-1/h6-7,9H,1-5H2,(H,17,20);5-6H,1-4H2. The minimum atomic E-state index is 0.0117. The second-order valence-corrected chi connectivity index (χ2v) is 8.86. The van der Waals surface area contributed by atoms with E-state index in [1.807, 2.05) is 12.1 Å². The Hall–Kier alpha value is -0.540. The van der Waals surface area contributed by atoms with Crippen LogP contribution in [0.5, 0.6) is 0 Å². The van der Waals surface area contributed by atoms with Crippen molar-refractivity contribution in [3.05, 3.63) is 36.2 Å². The average Bonchev–Trinajstić information content (AvgIpc) is 2.66. The van der Waals surface area contributed by atoms with Crippen LogP contribution in [0.3, 0.4) is 0 Å². The van der Waals surface area contributed by atoms with Gasteiger partial charge in [0, 0.05) is 41.2 Å². The Labute approximate surface area is 175 Å². The number of aromatic nitrogens is 2. The van der Waals surface area contributed by atoms with Gasteiger partial charge in [0.1, 0.15) is 0 Å². The number of hydrogen-bond acceptors (Lipinski definition) is 4. The molecule has 2 fully saturated rings. The zero-order chi connectivity index (χ0) is 18.5. The first-order valence-electron chi connectivity index (χ1n) is 9.13. The number of benzene rings is 1. The summed E-state index contributed by atoms with van der Waals surface area (Å²) in [6, 6.07) is 4.01. The lowest BCUT2D eigenvalue weighted by Gasteiger charge is -2.24. The van der Waals surface area contributed by atoms with Gasteiger partial charge in [0.2, 0.25) is 0 Å². The highest BCUT2D eigenvalue weighted by Gasteiger charge is 2.19. The van der Waals surface area contributed by atoms with Gasteiger partial charge in [-0.3, -0.25) is 9.36 Å². The molecular formula is C18H24Br2N4OS. The van der Waals surface area contributed by atoms with Crippen LogP contribution in [0.1, 0.15) is 38.1 Å². The van der Waals surface area contributed by atoms with E-state index in [1.54, 1.807) is 4.57 Å².